The number of nitrogens with one attached hydrogen (secondary N) is 2. The second-order valence-corrected chi connectivity index (χ2v) is 5.99. The van der Waals surface area contributed by atoms with Crippen LogP contribution in [0.3, 0.4) is 0 Å². The van der Waals surface area contributed by atoms with Crippen LogP contribution in [0.4, 0.5) is 8.78 Å². The van der Waals surface area contributed by atoms with Crippen LogP contribution < -0.4 is 10.6 Å². The Hall–Kier alpha value is -0.950. The third-order valence-corrected chi connectivity index (χ3v) is 3.86. The Morgan fingerprint density at radius 1 is 1.25 bits per heavy atom. The monoisotopic (exact) mass is 383 g/mol. The summed E-state index contributed by atoms with van der Waals surface area (Å²) in [5, 5.41) is 5.82. The molecule has 0 bridgehead atoms. The molecular weight excluding hydrogens is 359 g/mol. The maximum absolute atomic E-state index is 13.9. The van der Waals surface area contributed by atoms with Gasteiger partial charge < -0.3 is 15.5 Å². The molecule has 0 spiro atoms. The molecule has 1 fully saturated rings. The van der Waals surface area contributed by atoms with Crippen molar-refractivity contribution in [2.45, 2.75) is 18.9 Å². The van der Waals surface area contributed by atoms with Crippen molar-refractivity contribution < 1.29 is 13.6 Å². The molecule has 0 radical (unpaired) electrons. The second kappa shape index (κ2) is 10.8. The van der Waals surface area contributed by atoms with E-state index in [1.54, 1.807) is 19.0 Å². The highest BCUT2D eigenvalue weighted by molar-refractivity contribution is 5.85. The normalized spacial score (nSPS) is 14.5. The van der Waals surface area contributed by atoms with Gasteiger partial charge in [-0.05, 0) is 51.5 Å². The van der Waals surface area contributed by atoms with Gasteiger partial charge in [0.2, 0.25) is 5.91 Å². The van der Waals surface area contributed by atoms with Crippen molar-refractivity contribution in [2.24, 2.45) is 5.92 Å². The van der Waals surface area contributed by atoms with E-state index in [1.165, 1.54) is 31.0 Å². The zero-order valence-electron chi connectivity index (χ0n) is 13.9. The van der Waals surface area contributed by atoms with Crippen LogP contribution in [0, 0.1) is 17.6 Å². The van der Waals surface area contributed by atoms with Crippen molar-refractivity contribution in [2.75, 3.05) is 33.7 Å². The molecule has 0 heterocycles. The molecule has 0 aromatic heterocycles. The van der Waals surface area contributed by atoms with Crippen LogP contribution in [0.15, 0.2) is 18.2 Å². The van der Waals surface area contributed by atoms with Crippen LogP contribution in [-0.4, -0.2) is 44.5 Å². The molecule has 1 unspecified atom stereocenters. The van der Waals surface area contributed by atoms with Gasteiger partial charge in [-0.15, -0.1) is 24.8 Å². The van der Waals surface area contributed by atoms with E-state index in [4.69, 9.17) is 0 Å². The van der Waals surface area contributed by atoms with Crippen molar-refractivity contribution in [3.63, 3.8) is 0 Å². The highest BCUT2D eigenvalue weighted by atomic mass is 35.5. The predicted molar refractivity (Wildman–Crippen MR) is 95.9 cm³/mol. The number of likely N-dealkylation sites (N-methyl/N-ethyl adjacent to an activating group) is 1. The highest BCUT2D eigenvalue weighted by Crippen LogP contribution is 2.27. The van der Waals surface area contributed by atoms with Gasteiger partial charge in [-0.25, -0.2) is 8.78 Å². The van der Waals surface area contributed by atoms with Crippen molar-refractivity contribution in [3.05, 3.63) is 35.4 Å². The van der Waals surface area contributed by atoms with Gasteiger partial charge in [-0.2, -0.15) is 0 Å². The van der Waals surface area contributed by atoms with Crippen molar-refractivity contribution in [3.8, 4) is 0 Å². The largest absolute Gasteiger partial charge is 0.353 e. The lowest BCUT2D eigenvalue weighted by atomic mass is 10.0. The number of carbonyl (C=O) groups excluding carboxylic acids is 1. The molecule has 24 heavy (non-hydrogen) atoms. The van der Waals surface area contributed by atoms with Crippen LogP contribution in [0.5, 0.6) is 0 Å². The SMILES string of the molecule is CN(C)C(CNC(=O)CNCC1CC1)c1c(F)cccc1F.Cl.Cl. The van der Waals surface area contributed by atoms with Crippen LogP contribution in [0.1, 0.15) is 24.4 Å². The van der Waals surface area contributed by atoms with Crippen molar-refractivity contribution in [1.82, 2.24) is 15.5 Å². The minimum absolute atomic E-state index is 0. The fourth-order valence-electron chi connectivity index (χ4n) is 2.36. The highest BCUT2D eigenvalue weighted by Gasteiger charge is 2.23. The molecule has 1 aliphatic carbocycles. The van der Waals surface area contributed by atoms with E-state index < -0.39 is 17.7 Å². The Labute approximate surface area is 154 Å². The third-order valence-electron chi connectivity index (χ3n) is 3.86. The first-order valence-electron chi connectivity index (χ1n) is 7.56. The van der Waals surface area contributed by atoms with Crippen LogP contribution in [0.2, 0.25) is 0 Å². The quantitative estimate of drug-likeness (QED) is 0.724. The van der Waals surface area contributed by atoms with E-state index in [2.05, 4.69) is 10.6 Å². The Balaban J connectivity index is 0.00000264. The van der Waals surface area contributed by atoms with Gasteiger partial charge in [-0.3, -0.25) is 4.79 Å². The number of amides is 1. The van der Waals surface area contributed by atoms with Gasteiger partial charge in [0, 0.05) is 12.1 Å². The van der Waals surface area contributed by atoms with Gasteiger partial charge in [0.15, 0.2) is 0 Å². The molecule has 8 heteroatoms. The maximum atomic E-state index is 13.9. The van der Waals surface area contributed by atoms with Crippen LogP contribution >= 0.6 is 24.8 Å². The Morgan fingerprint density at radius 2 is 1.83 bits per heavy atom. The zero-order chi connectivity index (χ0) is 16.1. The number of rotatable bonds is 8. The number of halogens is 4. The van der Waals surface area contributed by atoms with E-state index in [9.17, 15) is 13.6 Å². The van der Waals surface area contributed by atoms with E-state index >= 15 is 0 Å². The fraction of sp³-hybridized carbons (Fsp3) is 0.562. The fourth-order valence-corrected chi connectivity index (χ4v) is 2.36. The standard InChI is InChI=1S/C16H23F2N3O.2ClH/c1-21(2)14(16-12(17)4-3-5-13(16)18)9-20-15(22)10-19-8-11-6-7-11;;/h3-5,11,14,19H,6-10H2,1-2H3,(H,20,22);2*1H. The summed E-state index contributed by atoms with van der Waals surface area (Å²) in [5.41, 5.74) is -0.0151. The number of hydrogen-bond acceptors (Lipinski definition) is 3. The summed E-state index contributed by atoms with van der Waals surface area (Å²) < 4.78 is 27.8. The molecule has 1 aromatic carbocycles. The molecule has 138 valence electrons. The molecule has 1 aromatic rings. The molecule has 1 saturated carbocycles. The first-order chi connectivity index (χ1) is 10.5. The minimum atomic E-state index is -0.597. The Morgan fingerprint density at radius 3 is 2.33 bits per heavy atom. The lowest BCUT2D eigenvalue weighted by molar-refractivity contribution is -0.120. The van der Waals surface area contributed by atoms with Gasteiger partial charge >= 0.3 is 0 Å². The topological polar surface area (TPSA) is 44.4 Å². The maximum Gasteiger partial charge on any atom is 0.234 e. The average Bonchev–Trinajstić information content (AvgIpc) is 3.25. The summed E-state index contributed by atoms with van der Waals surface area (Å²) in [4.78, 5) is 13.5. The van der Waals surface area contributed by atoms with Gasteiger partial charge in [0.1, 0.15) is 11.6 Å². The third kappa shape index (κ3) is 6.89. The van der Waals surface area contributed by atoms with Gasteiger partial charge in [0.05, 0.1) is 12.6 Å². The molecule has 1 atom stereocenters. The summed E-state index contributed by atoms with van der Waals surface area (Å²) in [6.07, 6.45) is 2.45. The smallest absolute Gasteiger partial charge is 0.234 e. The number of nitrogens with zero attached hydrogens (tertiary/aromatic N) is 1. The number of benzene rings is 1. The molecule has 1 aliphatic rings. The summed E-state index contributed by atoms with van der Waals surface area (Å²) in [7, 11) is 3.46. The molecule has 2 N–H and O–H groups in total. The summed E-state index contributed by atoms with van der Waals surface area (Å²) in [6.45, 7) is 1.25. The number of hydrogen-bond donors (Lipinski definition) is 2. The van der Waals surface area contributed by atoms with E-state index in [-0.39, 0.29) is 49.4 Å². The average molecular weight is 384 g/mol. The summed E-state index contributed by atoms with van der Waals surface area (Å²) in [6, 6.07) is 3.25. The second-order valence-electron chi connectivity index (χ2n) is 5.99. The number of carbonyl (C=O) groups is 1. The van der Waals surface area contributed by atoms with Gasteiger partial charge in [0.25, 0.3) is 0 Å². The first kappa shape index (κ1) is 23.1. The molecule has 1 amide bonds. The van der Waals surface area contributed by atoms with E-state index in [0.717, 1.165) is 6.54 Å². The van der Waals surface area contributed by atoms with Crippen molar-refractivity contribution in [1.29, 1.82) is 0 Å². The lowest BCUT2D eigenvalue weighted by Crippen LogP contribution is -2.40. The van der Waals surface area contributed by atoms with Crippen LogP contribution in [0.25, 0.3) is 0 Å². The van der Waals surface area contributed by atoms with E-state index in [0.29, 0.717) is 5.92 Å². The predicted octanol–water partition coefficient (Wildman–Crippen LogP) is 2.53. The molecule has 2 rings (SSSR count). The van der Waals surface area contributed by atoms with E-state index in [1.807, 2.05) is 0 Å². The zero-order valence-corrected chi connectivity index (χ0v) is 15.5. The minimum Gasteiger partial charge on any atom is -0.353 e. The molecular formula is C16H25Cl2F2N3O. The summed E-state index contributed by atoms with van der Waals surface area (Å²) in [5.74, 6) is -0.654. The molecule has 0 saturated heterocycles. The Kier molecular flexibility index (Phi) is 10.4. The molecule has 4 nitrogen and oxygen atoms in total. The lowest BCUT2D eigenvalue weighted by Gasteiger charge is -2.25. The summed E-state index contributed by atoms with van der Waals surface area (Å²) >= 11 is 0. The first-order valence-corrected chi connectivity index (χ1v) is 7.56. The van der Waals surface area contributed by atoms with Crippen molar-refractivity contribution >= 4 is 30.7 Å². The van der Waals surface area contributed by atoms with Gasteiger partial charge in [-0.1, -0.05) is 6.07 Å². The van der Waals surface area contributed by atoms with Crippen LogP contribution in [-0.2, 0) is 4.79 Å². The Bertz CT molecular complexity index is 508. The molecule has 0 aliphatic heterocycles.